The number of nitrogens with zero attached hydrogens (tertiary/aromatic N) is 6. The SMILES string of the molecule is Cc1cc(C)n(CC(=O)Nc2nc3ccc(-c4ccccc4CN(C)C)cn3n2)n1. The zero-order chi connectivity index (χ0) is 21.3. The molecule has 0 saturated carbocycles. The van der Waals surface area contributed by atoms with Crippen LogP contribution in [0.4, 0.5) is 5.95 Å². The van der Waals surface area contributed by atoms with Gasteiger partial charge in [0.1, 0.15) is 6.54 Å². The number of benzene rings is 1. The number of pyridine rings is 1. The minimum atomic E-state index is -0.214. The topological polar surface area (TPSA) is 80.4 Å². The van der Waals surface area contributed by atoms with Crippen LogP contribution in [0.5, 0.6) is 0 Å². The monoisotopic (exact) mass is 403 g/mol. The number of amides is 1. The smallest absolute Gasteiger partial charge is 0.249 e. The first-order valence-electron chi connectivity index (χ1n) is 9.79. The molecule has 0 aliphatic heterocycles. The van der Waals surface area contributed by atoms with Crippen molar-refractivity contribution in [3.05, 3.63) is 65.6 Å². The van der Waals surface area contributed by atoms with Crippen molar-refractivity contribution in [3.8, 4) is 11.1 Å². The molecule has 0 spiro atoms. The van der Waals surface area contributed by atoms with Crippen molar-refractivity contribution in [2.45, 2.75) is 26.9 Å². The highest BCUT2D eigenvalue weighted by atomic mass is 16.2. The zero-order valence-corrected chi connectivity index (χ0v) is 17.6. The van der Waals surface area contributed by atoms with Crippen LogP contribution in [0.3, 0.4) is 0 Å². The Bertz CT molecular complexity index is 1210. The van der Waals surface area contributed by atoms with Crippen LogP contribution in [0.15, 0.2) is 48.7 Å². The lowest BCUT2D eigenvalue weighted by atomic mass is 10.0. The average molecular weight is 403 g/mol. The average Bonchev–Trinajstić information content (AvgIpc) is 3.22. The first kappa shape index (κ1) is 19.8. The molecule has 0 aliphatic carbocycles. The third kappa shape index (κ3) is 4.23. The van der Waals surface area contributed by atoms with Gasteiger partial charge in [0.15, 0.2) is 5.65 Å². The fourth-order valence-corrected chi connectivity index (χ4v) is 3.51. The number of hydrogen-bond donors (Lipinski definition) is 1. The molecular weight excluding hydrogens is 378 g/mol. The van der Waals surface area contributed by atoms with Gasteiger partial charge >= 0.3 is 0 Å². The lowest BCUT2D eigenvalue weighted by Crippen LogP contribution is -2.21. The fraction of sp³-hybridized carbons (Fsp3) is 0.273. The Balaban J connectivity index is 1.56. The summed E-state index contributed by atoms with van der Waals surface area (Å²) in [5.74, 6) is 0.0638. The van der Waals surface area contributed by atoms with Crippen molar-refractivity contribution in [1.29, 1.82) is 0 Å². The Morgan fingerprint density at radius 2 is 1.90 bits per heavy atom. The minimum Gasteiger partial charge on any atom is -0.305 e. The molecule has 1 N–H and O–H groups in total. The van der Waals surface area contributed by atoms with E-state index in [1.807, 2.05) is 50.4 Å². The predicted octanol–water partition coefficient (Wildman–Crippen LogP) is 2.91. The Hall–Kier alpha value is -3.52. The molecule has 4 rings (SSSR count). The number of carbonyl (C=O) groups excluding carboxylic acids is 1. The number of nitrogens with one attached hydrogen (secondary N) is 1. The summed E-state index contributed by atoms with van der Waals surface area (Å²) in [6, 6.07) is 14.2. The highest BCUT2D eigenvalue weighted by Gasteiger charge is 2.12. The van der Waals surface area contributed by atoms with Crippen molar-refractivity contribution in [2.24, 2.45) is 0 Å². The molecule has 3 heterocycles. The third-order valence-electron chi connectivity index (χ3n) is 4.79. The maximum atomic E-state index is 12.4. The van der Waals surface area contributed by atoms with E-state index in [2.05, 4.69) is 51.6 Å². The van der Waals surface area contributed by atoms with Gasteiger partial charge < -0.3 is 4.90 Å². The number of aromatic nitrogens is 5. The Morgan fingerprint density at radius 1 is 1.10 bits per heavy atom. The van der Waals surface area contributed by atoms with E-state index >= 15 is 0 Å². The quantitative estimate of drug-likeness (QED) is 0.535. The van der Waals surface area contributed by atoms with Crippen LogP contribution in [0.2, 0.25) is 0 Å². The first-order valence-corrected chi connectivity index (χ1v) is 9.79. The van der Waals surface area contributed by atoms with Gasteiger partial charge in [-0.3, -0.25) is 14.8 Å². The molecule has 1 aromatic carbocycles. The molecule has 0 fully saturated rings. The van der Waals surface area contributed by atoms with Gasteiger partial charge in [-0.25, -0.2) is 4.52 Å². The molecule has 8 nitrogen and oxygen atoms in total. The minimum absolute atomic E-state index is 0.123. The molecule has 30 heavy (non-hydrogen) atoms. The number of fused-ring (bicyclic) bond motifs is 1. The van der Waals surface area contributed by atoms with Gasteiger partial charge in [-0.2, -0.15) is 10.1 Å². The normalized spacial score (nSPS) is 11.4. The van der Waals surface area contributed by atoms with E-state index < -0.39 is 0 Å². The van der Waals surface area contributed by atoms with Crippen molar-refractivity contribution in [1.82, 2.24) is 29.3 Å². The Morgan fingerprint density at radius 3 is 2.63 bits per heavy atom. The van der Waals surface area contributed by atoms with Gasteiger partial charge in [0.25, 0.3) is 0 Å². The summed E-state index contributed by atoms with van der Waals surface area (Å²) in [7, 11) is 4.11. The van der Waals surface area contributed by atoms with Crippen LogP contribution in [0.25, 0.3) is 16.8 Å². The van der Waals surface area contributed by atoms with Gasteiger partial charge in [0, 0.05) is 24.0 Å². The van der Waals surface area contributed by atoms with Crippen LogP contribution < -0.4 is 5.32 Å². The van der Waals surface area contributed by atoms with Crippen molar-refractivity contribution in [2.75, 3.05) is 19.4 Å². The Labute approximate surface area is 175 Å². The highest BCUT2D eigenvalue weighted by Crippen LogP contribution is 2.25. The molecule has 0 bridgehead atoms. The lowest BCUT2D eigenvalue weighted by Gasteiger charge is -2.14. The number of rotatable bonds is 6. The summed E-state index contributed by atoms with van der Waals surface area (Å²) in [5, 5.41) is 11.5. The summed E-state index contributed by atoms with van der Waals surface area (Å²) < 4.78 is 3.36. The second-order valence-electron chi connectivity index (χ2n) is 7.68. The van der Waals surface area contributed by atoms with Crippen LogP contribution >= 0.6 is 0 Å². The lowest BCUT2D eigenvalue weighted by molar-refractivity contribution is -0.117. The van der Waals surface area contributed by atoms with E-state index in [4.69, 9.17) is 0 Å². The first-order chi connectivity index (χ1) is 14.4. The molecule has 0 aliphatic rings. The van der Waals surface area contributed by atoms with Gasteiger partial charge in [-0.1, -0.05) is 24.3 Å². The molecule has 0 saturated heterocycles. The number of aryl methyl sites for hydroxylation is 2. The highest BCUT2D eigenvalue weighted by molar-refractivity contribution is 5.89. The van der Waals surface area contributed by atoms with E-state index in [0.717, 1.165) is 29.1 Å². The molecule has 1 amide bonds. The summed E-state index contributed by atoms with van der Waals surface area (Å²) in [6.45, 7) is 4.79. The number of anilines is 1. The van der Waals surface area contributed by atoms with Crippen LogP contribution in [-0.4, -0.2) is 49.3 Å². The molecule has 154 valence electrons. The van der Waals surface area contributed by atoms with Gasteiger partial charge in [0.05, 0.1) is 5.69 Å². The fourth-order valence-electron chi connectivity index (χ4n) is 3.51. The van der Waals surface area contributed by atoms with Crippen LogP contribution in [-0.2, 0) is 17.9 Å². The summed E-state index contributed by atoms with van der Waals surface area (Å²) >= 11 is 0. The number of hydrogen-bond acceptors (Lipinski definition) is 5. The van der Waals surface area contributed by atoms with Crippen molar-refractivity contribution in [3.63, 3.8) is 0 Å². The molecule has 0 atom stereocenters. The third-order valence-corrected chi connectivity index (χ3v) is 4.79. The molecule has 0 radical (unpaired) electrons. The summed E-state index contributed by atoms with van der Waals surface area (Å²) in [6.07, 6.45) is 1.94. The van der Waals surface area contributed by atoms with Gasteiger partial charge in [0.2, 0.25) is 11.9 Å². The molecule has 8 heteroatoms. The molecule has 4 aromatic rings. The second-order valence-corrected chi connectivity index (χ2v) is 7.68. The molecule has 3 aromatic heterocycles. The van der Waals surface area contributed by atoms with E-state index in [1.54, 1.807) is 9.20 Å². The molecule has 0 unspecified atom stereocenters. The van der Waals surface area contributed by atoms with Crippen LogP contribution in [0, 0.1) is 13.8 Å². The summed E-state index contributed by atoms with van der Waals surface area (Å²) in [5.41, 5.74) is 5.93. The maximum absolute atomic E-state index is 12.4. The Kier molecular flexibility index (Phi) is 5.33. The summed E-state index contributed by atoms with van der Waals surface area (Å²) in [4.78, 5) is 18.9. The van der Waals surface area contributed by atoms with E-state index in [0.29, 0.717) is 5.65 Å². The van der Waals surface area contributed by atoms with E-state index in [9.17, 15) is 4.79 Å². The van der Waals surface area contributed by atoms with Crippen LogP contribution in [0.1, 0.15) is 17.0 Å². The van der Waals surface area contributed by atoms with E-state index in [-0.39, 0.29) is 18.4 Å². The standard InChI is InChI=1S/C22H25N7O/c1-15-11-16(2)28(25-15)14-21(30)24-22-23-20-10-9-18(13-29(20)26-22)19-8-6-5-7-17(19)12-27(3)4/h5-11,13H,12,14H2,1-4H3,(H,24,26,30). The van der Waals surface area contributed by atoms with E-state index in [1.165, 1.54) is 5.56 Å². The predicted molar refractivity (Wildman–Crippen MR) is 116 cm³/mol. The molecular formula is C22H25N7O. The number of carbonyl (C=O) groups is 1. The second kappa shape index (κ2) is 8.08. The largest absolute Gasteiger partial charge is 0.305 e. The van der Waals surface area contributed by atoms with Crippen molar-refractivity contribution < 1.29 is 4.79 Å². The maximum Gasteiger partial charge on any atom is 0.249 e. The zero-order valence-electron chi connectivity index (χ0n) is 17.6. The van der Waals surface area contributed by atoms with Gasteiger partial charge in [-0.05, 0) is 57.3 Å². The van der Waals surface area contributed by atoms with Crippen molar-refractivity contribution >= 4 is 17.5 Å². The van der Waals surface area contributed by atoms with Gasteiger partial charge in [-0.15, -0.1) is 5.10 Å².